The summed E-state index contributed by atoms with van der Waals surface area (Å²) in [6, 6.07) is 60.6. The number of carbonyl (C=O) groups is 2. The second-order valence-electron chi connectivity index (χ2n) is 24.2. The van der Waals surface area contributed by atoms with E-state index in [9.17, 15) is 25.4 Å². The fourth-order valence-electron chi connectivity index (χ4n) is 15.3. The number of carbonyl (C=O) groups excluding carboxylic acids is 2. The molecule has 0 aliphatic heterocycles. The van der Waals surface area contributed by atoms with Crippen molar-refractivity contribution in [3.8, 4) is 37.7 Å². The van der Waals surface area contributed by atoms with Crippen LogP contribution >= 0.6 is 68.8 Å². The van der Waals surface area contributed by atoms with E-state index in [0.29, 0.717) is 44.5 Å². The molecule has 440 valence electrons. The molecule has 4 aliphatic carbocycles. The summed E-state index contributed by atoms with van der Waals surface area (Å²) in [7, 11) is 0. The number of Topliss-reactive ketones (excluding diaryl/α,β-unsaturated/α-hetero) is 2. The van der Waals surface area contributed by atoms with Crippen LogP contribution in [0.15, 0.2) is 180 Å². The third-order valence-corrected chi connectivity index (χ3v) is 25.2. The molecule has 0 amide bonds. The number of aromatic nitrogens is 4. The molecule has 0 saturated carbocycles. The lowest BCUT2D eigenvalue weighted by atomic mass is 9.66. The average Bonchev–Trinajstić information content (AvgIpc) is 1.48. The Bertz CT molecular complexity index is 5670. The van der Waals surface area contributed by atoms with Crippen molar-refractivity contribution in [2.45, 2.75) is 38.5 Å². The summed E-state index contributed by atoms with van der Waals surface area (Å²) in [5, 5.41) is 35.1. The van der Waals surface area contributed by atoms with Crippen LogP contribution in [0.2, 0.25) is 0 Å². The Kier molecular flexibility index (Phi) is 12.1. The van der Waals surface area contributed by atoms with E-state index in [0.717, 1.165) is 149 Å². The number of benzene rings is 8. The molecule has 4 aliphatic rings. The molecule has 0 unspecified atom stereocenters. The predicted molar refractivity (Wildman–Crippen MR) is 381 cm³/mol. The first-order valence-corrected chi connectivity index (χ1v) is 34.8. The van der Waals surface area contributed by atoms with Crippen molar-refractivity contribution < 1.29 is 9.59 Å². The number of aryl methyl sites for hydroxylation is 4. The van der Waals surface area contributed by atoms with Gasteiger partial charge in [0, 0.05) is 64.7 Å². The molecule has 18 rings (SSSR count). The molecule has 0 atom stereocenters. The van der Waals surface area contributed by atoms with Gasteiger partial charge in [0.15, 0.2) is 11.6 Å². The maximum Gasteiger partial charge on any atom is 0.270 e. The quantitative estimate of drug-likeness (QED) is 0.0896. The maximum atomic E-state index is 14.6. The molecule has 16 heteroatoms. The monoisotopic (exact) mass is 1310 g/mol. The van der Waals surface area contributed by atoms with Crippen molar-refractivity contribution in [1.29, 1.82) is 15.8 Å². The van der Waals surface area contributed by atoms with Crippen LogP contribution in [-0.2, 0) is 10.8 Å². The minimum absolute atomic E-state index is 0.118. The third-order valence-electron chi connectivity index (χ3n) is 19.3. The molecule has 6 heterocycles. The first kappa shape index (κ1) is 56.0. The van der Waals surface area contributed by atoms with Gasteiger partial charge in [0.25, 0.3) is 5.70 Å². The normalized spacial score (nSPS) is 16.0. The summed E-state index contributed by atoms with van der Waals surface area (Å²) in [6.07, 6.45) is 3.76. The average molecular weight is 1310 g/mol. The molecule has 14 aromatic rings. The van der Waals surface area contributed by atoms with Crippen LogP contribution in [0.4, 0.5) is 0 Å². The zero-order valence-electron chi connectivity index (χ0n) is 50.0. The van der Waals surface area contributed by atoms with Gasteiger partial charge in [-0.1, -0.05) is 168 Å². The van der Waals surface area contributed by atoms with Gasteiger partial charge >= 0.3 is 0 Å². The lowest BCUT2D eigenvalue weighted by Crippen LogP contribution is -2.28. The molecule has 94 heavy (non-hydrogen) atoms. The summed E-state index contributed by atoms with van der Waals surface area (Å²) in [4.78, 5) is 38.7. The van der Waals surface area contributed by atoms with E-state index < -0.39 is 10.8 Å². The van der Waals surface area contributed by atoms with E-state index in [1.165, 1.54) is 23.5 Å². The Morgan fingerprint density at radius 2 is 0.809 bits per heavy atom. The molecule has 10 nitrogen and oxygen atoms in total. The van der Waals surface area contributed by atoms with Gasteiger partial charge in [0.05, 0.1) is 75.8 Å². The highest BCUT2D eigenvalue weighted by atomic mass is 32.1. The van der Waals surface area contributed by atoms with Gasteiger partial charge in [-0.3, -0.25) is 9.59 Å². The minimum Gasteiger partial charge on any atom is -0.289 e. The van der Waals surface area contributed by atoms with Crippen molar-refractivity contribution in [1.82, 2.24) is 17.5 Å². The van der Waals surface area contributed by atoms with E-state index in [1.807, 2.05) is 36.4 Å². The van der Waals surface area contributed by atoms with Gasteiger partial charge in [-0.25, -0.2) is 10.1 Å². The van der Waals surface area contributed by atoms with E-state index in [1.54, 1.807) is 69.6 Å². The number of rotatable bonds is 6. The molecule has 0 N–H and O–H groups in total. The summed E-state index contributed by atoms with van der Waals surface area (Å²) in [5.41, 5.74) is 17.2. The standard InChI is InChI=1S/C78H40N8O2S6/c1-37-14-22-42(23-15-37)77(43-24-16-38(2)17-25-43)54-32-46(30-52-57(41(34-79)35-80)48-10-6-8-12-50(48)69(52)87)89-71(54)75-63(77)61-59-60(66-67(73(61)91-75)85-93-84-66)62-64-76(92-74(62)68-65(59)83-94-86-68)72-55(78(64,44-26-18-39(3)19-27-44)45-28-20-40(4)21-29-45)33-47(90-72)31-53-58(56(36-81)82-5)49-11-7-9-13-51(49)70(53)88/h6-33H,1-4H3/b52-30-,53-31-,58-56+. The lowest BCUT2D eigenvalue weighted by Gasteiger charge is -2.34. The van der Waals surface area contributed by atoms with E-state index >= 15 is 0 Å². The fourth-order valence-corrected chi connectivity index (χ4v) is 21.8. The SMILES string of the molecule is [C-]#[N+]/C(C#N)=C1/C(=C/c2cc3c(s2)-c2sc4c5nsnc5c5c6c7c(sc6c6nsnc6c5c4c2C3(c2ccc(C)cc2)c2ccc(C)cc2)-c2sc(/C=C3\C(=O)c4ccccc4C3=C(C#N)C#N)cc2C7(c2ccc(C)cc2)c2ccc(C)cc2)C(=O)c2ccccc21. The van der Waals surface area contributed by atoms with Gasteiger partial charge in [-0.2, -0.15) is 28.0 Å². The molecule has 8 aromatic carbocycles. The molecular weight excluding hydrogens is 1270 g/mol. The predicted octanol–water partition coefficient (Wildman–Crippen LogP) is 19.9. The van der Waals surface area contributed by atoms with E-state index in [-0.39, 0.29) is 22.8 Å². The van der Waals surface area contributed by atoms with Crippen molar-refractivity contribution in [2.75, 3.05) is 0 Å². The van der Waals surface area contributed by atoms with Crippen LogP contribution < -0.4 is 0 Å². The Balaban J connectivity index is 0.985. The van der Waals surface area contributed by atoms with Crippen LogP contribution in [0.5, 0.6) is 0 Å². The van der Waals surface area contributed by atoms with Gasteiger partial charge in [-0.15, -0.1) is 45.3 Å². The fraction of sp³-hybridized carbons (Fsp3) is 0.0769. The topological polar surface area (TPSA) is 161 Å². The van der Waals surface area contributed by atoms with E-state index in [4.69, 9.17) is 24.1 Å². The van der Waals surface area contributed by atoms with Crippen LogP contribution in [0.1, 0.15) is 108 Å². The molecule has 0 spiro atoms. The van der Waals surface area contributed by atoms with Gasteiger partial charge < -0.3 is 0 Å². The van der Waals surface area contributed by atoms with Crippen LogP contribution in [0.25, 0.3) is 101 Å². The van der Waals surface area contributed by atoms with Crippen LogP contribution in [0, 0.1) is 68.3 Å². The zero-order valence-corrected chi connectivity index (χ0v) is 54.9. The summed E-state index contributed by atoms with van der Waals surface area (Å²) < 4.78 is 23.3. The minimum atomic E-state index is -0.975. The van der Waals surface area contributed by atoms with Crippen LogP contribution in [0.3, 0.4) is 0 Å². The van der Waals surface area contributed by atoms with Gasteiger partial charge in [0.1, 0.15) is 39.8 Å². The Labute approximate surface area is 561 Å². The lowest BCUT2D eigenvalue weighted by molar-refractivity contribution is 0.103. The van der Waals surface area contributed by atoms with Crippen molar-refractivity contribution in [3.63, 3.8) is 0 Å². The molecule has 6 aromatic heterocycles. The maximum absolute atomic E-state index is 14.6. The number of hydrogen-bond donors (Lipinski definition) is 0. The zero-order chi connectivity index (χ0) is 63.8. The Hall–Kier alpha value is -10.8. The summed E-state index contributed by atoms with van der Waals surface area (Å²) in [6.45, 7) is 16.5. The van der Waals surface area contributed by atoms with Gasteiger partial charge in [-0.05, 0) is 108 Å². The number of fused-ring (bicyclic) bond motifs is 21. The number of nitriles is 3. The first-order chi connectivity index (χ1) is 45.9. The van der Waals surface area contributed by atoms with Crippen molar-refractivity contribution in [3.05, 3.63) is 290 Å². The highest BCUT2D eigenvalue weighted by molar-refractivity contribution is 7.29. The summed E-state index contributed by atoms with van der Waals surface area (Å²) in [5.74, 6) is -0.470. The molecule has 0 fully saturated rings. The second-order valence-corrected chi connectivity index (χ2v) is 29.5. The van der Waals surface area contributed by atoms with E-state index in [2.05, 4.69) is 160 Å². The smallest absolute Gasteiger partial charge is 0.270 e. The highest BCUT2D eigenvalue weighted by Crippen LogP contribution is 2.69. The Morgan fingerprint density at radius 1 is 0.447 bits per heavy atom. The number of allylic oxidation sites excluding steroid dienone is 6. The third kappa shape index (κ3) is 7.32. The molecular formula is C78H40N8O2S6. The van der Waals surface area contributed by atoms with Crippen molar-refractivity contribution >= 4 is 157 Å². The molecule has 0 bridgehead atoms. The Morgan fingerprint density at radius 3 is 1.18 bits per heavy atom. The molecule has 0 radical (unpaired) electrons. The number of hydrogen-bond acceptors (Lipinski definition) is 15. The van der Waals surface area contributed by atoms with Crippen LogP contribution in [-0.4, -0.2) is 29.1 Å². The number of thiophene rings is 4. The summed E-state index contributed by atoms with van der Waals surface area (Å²) >= 11 is 9.01. The van der Waals surface area contributed by atoms with Gasteiger partial charge in [0.2, 0.25) is 0 Å². The number of nitrogens with zero attached hydrogens (tertiary/aromatic N) is 8. The highest BCUT2D eigenvalue weighted by Gasteiger charge is 2.54. The van der Waals surface area contributed by atoms with Crippen molar-refractivity contribution in [2.24, 2.45) is 0 Å². The second kappa shape index (κ2) is 20.4. The largest absolute Gasteiger partial charge is 0.289 e. The molecule has 0 saturated heterocycles. The number of ketones is 2. The first-order valence-electron chi connectivity index (χ1n) is 30.0.